The van der Waals surface area contributed by atoms with Crippen LogP contribution in [0.3, 0.4) is 0 Å². The fourth-order valence-electron chi connectivity index (χ4n) is 19.2. The van der Waals surface area contributed by atoms with Crippen LogP contribution in [0.4, 0.5) is 103 Å². The molecule has 0 atom stereocenters. The Balaban J connectivity index is 0.000000178. The van der Waals surface area contributed by atoms with Crippen LogP contribution in [0.1, 0.15) is 22.3 Å². The Hall–Kier alpha value is -16.1. The van der Waals surface area contributed by atoms with Crippen molar-refractivity contribution >= 4 is 186 Å². The molecule has 684 valence electrons. The Kier molecular flexibility index (Phi) is 24.2. The molecule has 0 fully saturated rings. The van der Waals surface area contributed by atoms with Gasteiger partial charge in [0.2, 0.25) is 0 Å². The standard InChI is InChI=1S/2C60H46F4N4Si2/c1-69(2,3)45-21-17-43(18-22-45)67(57-33-51(61)49(31-53(57)63)41-11-7-9-37(29-41)35-65)55-27-15-39-14-26-48-56(28-16-40-13-25-47(55)59(39)60(40)48)68(44-19-23-46(24-20-44)70(4,5)6)58-34-52(62)50(32-54(58)64)42-12-8-10-38(30-42)36-66;1-69(2,3)43-23-19-41(20-24-43)67(57-33-51(61)49(31-53(57)63)45-13-9-7-11-39(45)35-65)55-29-17-37-16-28-48-56(30-18-38-15-27-47(55)59(37)60(38)48)68(42-21-25-44(26-22-42)70(4,5)6)58-34-52(62)50(32-54(58)64)46-14-10-8-12-40(46)36-66/h2*7-34H,1-6H3. The Morgan fingerprint density at radius 2 is 0.436 bits per heavy atom. The summed E-state index contributed by atoms with van der Waals surface area (Å²) < 4.78 is 134. The zero-order chi connectivity index (χ0) is 98.4. The Morgan fingerprint density at radius 1 is 0.200 bits per heavy atom. The van der Waals surface area contributed by atoms with Crippen LogP contribution < -0.4 is 40.3 Å². The fourth-order valence-corrected chi connectivity index (χ4v) is 23.9. The van der Waals surface area contributed by atoms with Crippen molar-refractivity contribution in [3.63, 3.8) is 0 Å². The van der Waals surface area contributed by atoms with E-state index in [1.807, 2.05) is 146 Å². The van der Waals surface area contributed by atoms with Gasteiger partial charge in [-0.05, 0) is 188 Å². The summed E-state index contributed by atoms with van der Waals surface area (Å²) in [6, 6.07) is 108. The molecule has 0 saturated carbocycles. The third-order valence-electron chi connectivity index (χ3n) is 26.6. The van der Waals surface area contributed by atoms with Crippen molar-refractivity contribution in [1.82, 2.24) is 0 Å². The maximum absolute atomic E-state index is 17.1. The molecule has 0 aliphatic carbocycles. The third kappa shape index (κ3) is 17.2. The summed E-state index contributed by atoms with van der Waals surface area (Å²) in [6.45, 7) is 27.0. The zero-order valence-corrected chi connectivity index (χ0v) is 82.9. The third-order valence-corrected chi connectivity index (χ3v) is 34.8. The van der Waals surface area contributed by atoms with Gasteiger partial charge in [0.25, 0.3) is 0 Å². The maximum atomic E-state index is 17.1. The minimum atomic E-state index is -1.75. The predicted octanol–water partition coefficient (Wildman–Crippen LogP) is 32.5. The van der Waals surface area contributed by atoms with Gasteiger partial charge in [-0.15, -0.1) is 0 Å². The molecule has 20 rings (SSSR count). The highest BCUT2D eigenvalue weighted by Gasteiger charge is 2.33. The SMILES string of the molecule is C[Si](C)(C)c1ccc(N(c2cc(F)c(-c3cccc(C#N)c3)cc2F)c2ccc3ccc4c(N(c5ccc([Si](C)(C)C)cc5)c5cc(F)c(-c6cccc(C#N)c6)cc5F)ccc5ccc2c3c54)cc1.C[Si](C)(C)c1ccc(N(c2cc(F)c(-c3ccccc3C#N)cc2F)c2ccc3ccc4c(N(c5ccc([Si](C)(C)C)cc5)c5cc(F)c(-c6ccccc6C#N)cc5F)ccc5ccc2c3c54)cc1. The molecule has 0 spiro atoms. The van der Waals surface area contributed by atoms with Gasteiger partial charge in [-0.25, -0.2) is 35.1 Å². The maximum Gasteiger partial charge on any atom is 0.148 e. The van der Waals surface area contributed by atoms with Crippen LogP contribution in [-0.2, 0) is 0 Å². The lowest BCUT2D eigenvalue weighted by Crippen LogP contribution is -2.37. The molecule has 140 heavy (non-hydrogen) atoms. The molecule has 0 N–H and O–H groups in total. The molecule has 8 nitrogen and oxygen atoms in total. The first-order valence-corrected chi connectivity index (χ1v) is 60.1. The lowest BCUT2D eigenvalue weighted by Gasteiger charge is -2.30. The first-order chi connectivity index (χ1) is 67.1. The van der Waals surface area contributed by atoms with E-state index in [0.29, 0.717) is 78.9 Å². The monoisotopic (exact) mass is 1910 g/mol. The van der Waals surface area contributed by atoms with Crippen LogP contribution in [0.25, 0.3) is 109 Å². The van der Waals surface area contributed by atoms with Crippen LogP contribution in [0.2, 0.25) is 78.6 Å². The largest absolute Gasteiger partial charge is 0.307 e. The first-order valence-electron chi connectivity index (χ1n) is 46.1. The second-order valence-electron chi connectivity index (χ2n) is 39.5. The lowest BCUT2D eigenvalue weighted by molar-refractivity contribution is 0.604. The minimum Gasteiger partial charge on any atom is -0.307 e. The summed E-state index contributed by atoms with van der Waals surface area (Å²) in [5, 5.41) is 53.7. The van der Waals surface area contributed by atoms with Crippen molar-refractivity contribution in [2.75, 3.05) is 19.6 Å². The summed E-state index contributed by atoms with van der Waals surface area (Å²) in [7, 11) is -7.00. The van der Waals surface area contributed by atoms with E-state index in [1.54, 1.807) is 117 Å². The highest BCUT2D eigenvalue weighted by Crippen LogP contribution is 2.53. The number of halogens is 8. The average molecular weight is 1910 g/mol. The number of anilines is 12. The summed E-state index contributed by atoms with van der Waals surface area (Å²) in [5.41, 5.74) is 7.38. The Bertz CT molecular complexity index is 8040. The van der Waals surface area contributed by atoms with E-state index < -0.39 is 78.8 Å². The quantitative estimate of drug-likeness (QED) is 0.0422. The molecule has 20 aromatic rings. The molecule has 0 aromatic heterocycles. The Morgan fingerprint density at radius 3 is 0.679 bits per heavy atom. The molecule has 0 radical (unpaired) electrons. The van der Waals surface area contributed by atoms with Gasteiger partial charge in [-0.3, -0.25) is 0 Å². The van der Waals surface area contributed by atoms with Crippen molar-refractivity contribution < 1.29 is 35.1 Å². The first kappa shape index (κ1) is 93.0. The van der Waals surface area contributed by atoms with E-state index in [2.05, 4.69) is 151 Å². The number of nitriles is 4. The molecule has 0 heterocycles. The second kappa shape index (κ2) is 36.5. The van der Waals surface area contributed by atoms with Gasteiger partial charge in [-0.1, -0.05) is 281 Å². The van der Waals surface area contributed by atoms with Crippen LogP contribution in [0.5, 0.6) is 0 Å². The van der Waals surface area contributed by atoms with E-state index in [9.17, 15) is 21.0 Å². The molecule has 0 unspecified atom stereocenters. The summed E-state index contributed by atoms with van der Waals surface area (Å²) in [5.74, 6) is -5.35. The summed E-state index contributed by atoms with van der Waals surface area (Å²) in [6.07, 6.45) is 0. The minimum absolute atomic E-state index is 0.00223. The van der Waals surface area contributed by atoms with Crippen molar-refractivity contribution in [2.24, 2.45) is 0 Å². The highest BCUT2D eigenvalue weighted by molar-refractivity contribution is 6.90. The molecular formula is C120H92F8N8Si4. The Labute approximate surface area is 812 Å². The highest BCUT2D eigenvalue weighted by atomic mass is 28.3. The van der Waals surface area contributed by atoms with Gasteiger partial charge in [0.15, 0.2) is 0 Å². The molecule has 0 bridgehead atoms. The van der Waals surface area contributed by atoms with Gasteiger partial charge < -0.3 is 19.6 Å². The molecule has 20 heteroatoms. The van der Waals surface area contributed by atoms with Crippen molar-refractivity contribution in [1.29, 1.82) is 21.0 Å². The average Bonchev–Trinajstić information content (AvgIpc) is 0.718. The van der Waals surface area contributed by atoms with Crippen molar-refractivity contribution in [2.45, 2.75) is 78.6 Å². The van der Waals surface area contributed by atoms with Crippen LogP contribution in [0, 0.1) is 91.9 Å². The van der Waals surface area contributed by atoms with E-state index in [1.165, 1.54) is 57.1 Å². The molecular weight excluding hydrogens is 1820 g/mol. The van der Waals surface area contributed by atoms with E-state index in [-0.39, 0.29) is 56.1 Å². The number of benzene rings is 20. The molecule has 0 aliphatic rings. The second-order valence-corrected chi connectivity index (χ2v) is 59.9. The summed E-state index contributed by atoms with van der Waals surface area (Å²) in [4.78, 5) is 7.01. The molecule has 0 aliphatic heterocycles. The topological polar surface area (TPSA) is 108 Å². The normalized spacial score (nSPS) is 11.8. The predicted molar refractivity (Wildman–Crippen MR) is 571 cm³/mol. The summed E-state index contributed by atoms with van der Waals surface area (Å²) >= 11 is 0. The molecule has 20 aromatic carbocycles. The molecule has 0 saturated heterocycles. The van der Waals surface area contributed by atoms with Crippen molar-refractivity contribution in [3.8, 4) is 68.8 Å². The van der Waals surface area contributed by atoms with Crippen LogP contribution in [-0.4, -0.2) is 32.3 Å². The van der Waals surface area contributed by atoms with Crippen LogP contribution in [0.15, 0.2) is 340 Å². The lowest BCUT2D eigenvalue weighted by atomic mass is 9.91. The van der Waals surface area contributed by atoms with Crippen molar-refractivity contribution in [3.05, 3.63) is 409 Å². The van der Waals surface area contributed by atoms with Gasteiger partial charge >= 0.3 is 0 Å². The number of nitrogens with zero attached hydrogens (tertiary/aromatic N) is 8. The van der Waals surface area contributed by atoms with Gasteiger partial charge in [0, 0.05) is 102 Å². The van der Waals surface area contributed by atoms with E-state index in [4.69, 9.17) is 0 Å². The van der Waals surface area contributed by atoms with Crippen LogP contribution >= 0.6 is 0 Å². The van der Waals surface area contributed by atoms with E-state index >= 15 is 35.1 Å². The fraction of sp³-hybridized carbons (Fsp3) is 0.100. The van der Waals surface area contributed by atoms with Gasteiger partial charge in [0.05, 0.1) is 124 Å². The van der Waals surface area contributed by atoms with E-state index in [0.717, 1.165) is 76.8 Å². The number of hydrogen-bond donors (Lipinski definition) is 0. The number of hydrogen-bond acceptors (Lipinski definition) is 8. The smallest absolute Gasteiger partial charge is 0.148 e. The number of rotatable bonds is 20. The molecule has 0 amide bonds. The van der Waals surface area contributed by atoms with Gasteiger partial charge in [0.1, 0.15) is 46.5 Å². The zero-order valence-electron chi connectivity index (χ0n) is 78.9. The van der Waals surface area contributed by atoms with Gasteiger partial charge in [-0.2, -0.15) is 21.0 Å².